The van der Waals surface area contributed by atoms with Crippen molar-refractivity contribution < 1.29 is 14.3 Å². The Kier molecular flexibility index (Phi) is 4.42. The Morgan fingerprint density at radius 2 is 2.05 bits per heavy atom. The number of carbonyl (C=O) groups is 1. The Morgan fingerprint density at radius 3 is 2.67 bits per heavy atom. The molecule has 0 aliphatic carbocycles. The summed E-state index contributed by atoms with van der Waals surface area (Å²) in [7, 11) is 0. The van der Waals surface area contributed by atoms with Crippen LogP contribution in [0, 0.1) is 5.82 Å². The van der Waals surface area contributed by atoms with Crippen LogP contribution in [0.15, 0.2) is 42.5 Å². The second-order valence-electron chi connectivity index (χ2n) is 4.72. The molecule has 4 nitrogen and oxygen atoms in total. The summed E-state index contributed by atoms with van der Waals surface area (Å²) >= 11 is 0. The molecule has 21 heavy (non-hydrogen) atoms. The van der Waals surface area contributed by atoms with Crippen molar-refractivity contribution in [1.29, 1.82) is 0 Å². The van der Waals surface area contributed by atoms with Gasteiger partial charge in [-0.25, -0.2) is 4.39 Å². The number of nitrogens with two attached hydrogens (primary N) is 1. The summed E-state index contributed by atoms with van der Waals surface area (Å²) in [5.74, 6) is -1.42. The van der Waals surface area contributed by atoms with Gasteiger partial charge in [0.15, 0.2) is 0 Å². The van der Waals surface area contributed by atoms with E-state index in [0.717, 1.165) is 12.5 Å². The number of anilines is 2. The van der Waals surface area contributed by atoms with Gasteiger partial charge in [0.05, 0.1) is 5.56 Å². The summed E-state index contributed by atoms with van der Waals surface area (Å²) in [6.45, 7) is 2.38. The van der Waals surface area contributed by atoms with Crippen molar-refractivity contribution in [3.05, 3.63) is 53.8 Å². The highest BCUT2D eigenvalue weighted by Crippen LogP contribution is 2.23. The molecule has 1 amide bonds. The fourth-order valence-electron chi connectivity index (χ4n) is 2.09. The van der Waals surface area contributed by atoms with Gasteiger partial charge in [0.2, 0.25) is 0 Å². The molecule has 0 aliphatic rings. The average Bonchev–Trinajstić information content (AvgIpc) is 2.44. The van der Waals surface area contributed by atoms with Crippen molar-refractivity contribution in [2.75, 3.05) is 17.2 Å². The van der Waals surface area contributed by atoms with Crippen molar-refractivity contribution in [3.8, 4) is 5.75 Å². The van der Waals surface area contributed by atoms with Crippen LogP contribution in [0.5, 0.6) is 5.75 Å². The summed E-state index contributed by atoms with van der Waals surface area (Å²) < 4.78 is 13.9. The maximum atomic E-state index is 13.9. The topological polar surface area (TPSA) is 66.6 Å². The number of amides is 1. The van der Waals surface area contributed by atoms with Crippen LogP contribution in [0.25, 0.3) is 0 Å². The number of halogens is 1. The number of nitrogen functional groups attached to an aromatic ring is 1. The first-order valence-electron chi connectivity index (χ1n) is 6.69. The SMILES string of the molecule is CCCN(C(=O)c1ccc(O)cc1F)c1cccc(N)c1. The van der Waals surface area contributed by atoms with E-state index in [9.17, 15) is 14.3 Å². The van der Waals surface area contributed by atoms with E-state index in [-0.39, 0.29) is 11.3 Å². The minimum atomic E-state index is -0.745. The van der Waals surface area contributed by atoms with E-state index < -0.39 is 11.7 Å². The second-order valence-corrected chi connectivity index (χ2v) is 4.72. The standard InChI is InChI=1S/C16H17FN2O2/c1-2-8-19(12-5-3-4-11(18)9-12)16(21)14-7-6-13(20)10-15(14)17/h3-7,9-10,20H,2,8,18H2,1H3. The molecule has 0 aromatic heterocycles. The van der Waals surface area contributed by atoms with Crippen LogP contribution in [0.1, 0.15) is 23.7 Å². The molecule has 0 unspecified atom stereocenters. The predicted molar refractivity (Wildman–Crippen MR) is 80.9 cm³/mol. The largest absolute Gasteiger partial charge is 0.508 e. The van der Waals surface area contributed by atoms with Crippen LogP contribution in [-0.4, -0.2) is 17.6 Å². The van der Waals surface area contributed by atoms with Crippen molar-refractivity contribution in [3.63, 3.8) is 0 Å². The molecule has 0 spiro atoms. The summed E-state index contributed by atoms with van der Waals surface area (Å²) in [6, 6.07) is 10.4. The molecule has 0 atom stereocenters. The van der Waals surface area contributed by atoms with Gasteiger partial charge in [-0.1, -0.05) is 13.0 Å². The van der Waals surface area contributed by atoms with E-state index in [1.54, 1.807) is 24.3 Å². The molecule has 110 valence electrons. The fourth-order valence-corrected chi connectivity index (χ4v) is 2.09. The number of hydrogen-bond acceptors (Lipinski definition) is 3. The second kappa shape index (κ2) is 6.26. The van der Waals surface area contributed by atoms with E-state index >= 15 is 0 Å². The minimum absolute atomic E-state index is 0.0799. The van der Waals surface area contributed by atoms with Gasteiger partial charge in [-0.15, -0.1) is 0 Å². The molecular weight excluding hydrogens is 271 g/mol. The van der Waals surface area contributed by atoms with Gasteiger partial charge in [-0.3, -0.25) is 4.79 Å². The Balaban J connectivity index is 2.40. The van der Waals surface area contributed by atoms with Gasteiger partial charge >= 0.3 is 0 Å². The normalized spacial score (nSPS) is 10.4. The molecule has 0 aliphatic heterocycles. The van der Waals surface area contributed by atoms with Crippen LogP contribution in [0.3, 0.4) is 0 Å². The van der Waals surface area contributed by atoms with Crippen LogP contribution in [0.2, 0.25) is 0 Å². The number of nitrogens with zero attached hydrogens (tertiary/aromatic N) is 1. The quantitative estimate of drug-likeness (QED) is 0.849. The molecule has 0 heterocycles. The smallest absolute Gasteiger partial charge is 0.261 e. The Morgan fingerprint density at radius 1 is 1.29 bits per heavy atom. The number of aromatic hydroxyl groups is 1. The van der Waals surface area contributed by atoms with E-state index in [0.29, 0.717) is 17.9 Å². The third-order valence-electron chi connectivity index (χ3n) is 3.06. The molecular formula is C16H17FN2O2. The minimum Gasteiger partial charge on any atom is -0.508 e. The molecule has 5 heteroatoms. The van der Waals surface area contributed by atoms with Crippen LogP contribution in [-0.2, 0) is 0 Å². The van der Waals surface area contributed by atoms with Crippen molar-refractivity contribution >= 4 is 17.3 Å². The summed E-state index contributed by atoms with van der Waals surface area (Å²) in [4.78, 5) is 14.0. The Bertz CT molecular complexity index is 658. The first-order chi connectivity index (χ1) is 10.0. The molecule has 0 saturated carbocycles. The van der Waals surface area contributed by atoms with Crippen LogP contribution in [0.4, 0.5) is 15.8 Å². The van der Waals surface area contributed by atoms with Gasteiger partial charge in [-0.2, -0.15) is 0 Å². The predicted octanol–water partition coefficient (Wildman–Crippen LogP) is 3.17. The van der Waals surface area contributed by atoms with Crippen molar-refractivity contribution in [1.82, 2.24) is 0 Å². The third kappa shape index (κ3) is 3.31. The third-order valence-corrected chi connectivity index (χ3v) is 3.06. The lowest BCUT2D eigenvalue weighted by Crippen LogP contribution is -2.32. The maximum Gasteiger partial charge on any atom is 0.261 e. The van der Waals surface area contributed by atoms with Crippen molar-refractivity contribution in [2.45, 2.75) is 13.3 Å². The summed E-state index contributed by atoms with van der Waals surface area (Å²) in [5.41, 5.74) is 6.81. The zero-order valence-corrected chi connectivity index (χ0v) is 11.7. The lowest BCUT2D eigenvalue weighted by Gasteiger charge is -2.23. The molecule has 2 aromatic carbocycles. The number of benzene rings is 2. The van der Waals surface area contributed by atoms with E-state index in [1.165, 1.54) is 17.0 Å². The zero-order valence-electron chi connectivity index (χ0n) is 11.7. The summed E-state index contributed by atoms with van der Waals surface area (Å²) in [6.07, 6.45) is 0.722. The van der Waals surface area contributed by atoms with Crippen LogP contribution >= 0.6 is 0 Å². The van der Waals surface area contributed by atoms with Gasteiger partial charge in [0.1, 0.15) is 11.6 Å². The number of phenols is 1. The number of carbonyl (C=O) groups excluding carboxylic acids is 1. The molecule has 0 bridgehead atoms. The van der Waals surface area contributed by atoms with E-state index in [4.69, 9.17) is 5.73 Å². The zero-order chi connectivity index (χ0) is 15.4. The molecule has 3 N–H and O–H groups in total. The molecule has 0 radical (unpaired) electrons. The van der Waals surface area contributed by atoms with E-state index in [1.807, 2.05) is 6.92 Å². The Hall–Kier alpha value is -2.56. The van der Waals surface area contributed by atoms with Crippen molar-refractivity contribution in [2.24, 2.45) is 0 Å². The average molecular weight is 288 g/mol. The first-order valence-corrected chi connectivity index (χ1v) is 6.69. The van der Waals surface area contributed by atoms with Crippen LogP contribution < -0.4 is 10.6 Å². The highest BCUT2D eigenvalue weighted by Gasteiger charge is 2.20. The van der Waals surface area contributed by atoms with Gasteiger partial charge in [0.25, 0.3) is 5.91 Å². The molecule has 2 rings (SSSR count). The first kappa shape index (κ1) is 14.8. The van der Waals surface area contributed by atoms with E-state index in [2.05, 4.69) is 0 Å². The monoisotopic (exact) mass is 288 g/mol. The molecule has 0 saturated heterocycles. The lowest BCUT2D eigenvalue weighted by molar-refractivity contribution is 0.0983. The molecule has 2 aromatic rings. The number of phenolic OH excluding ortho intramolecular Hbond substituents is 1. The fraction of sp³-hybridized carbons (Fsp3) is 0.188. The van der Waals surface area contributed by atoms with Gasteiger partial charge in [-0.05, 0) is 36.8 Å². The highest BCUT2D eigenvalue weighted by molar-refractivity contribution is 6.06. The van der Waals surface area contributed by atoms with Gasteiger partial charge < -0.3 is 15.7 Å². The number of hydrogen-bond donors (Lipinski definition) is 2. The van der Waals surface area contributed by atoms with Gasteiger partial charge in [0, 0.05) is 24.0 Å². The highest BCUT2D eigenvalue weighted by atomic mass is 19.1. The molecule has 0 fully saturated rings. The lowest BCUT2D eigenvalue weighted by atomic mass is 10.1. The Labute approximate surface area is 122 Å². The number of rotatable bonds is 4. The summed E-state index contributed by atoms with van der Waals surface area (Å²) in [5, 5.41) is 9.23. The maximum absolute atomic E-state index is 13.9.